The van der Waals surface area contributed by atoms with Crippen molar-refractivity contribution in [1.29, 1.82) is 0 Å². The van der Waals surface area contributed by atoms with Gasteiger partial charge in [-0.25, -0.2) is 4.79 Å². The summed E-state index contributed by atoms with van der Waals surface area (Å²) in [5.74, 6) is 0.0984. The molecule has 0 unspecified atom stereocenters. The van der Waals surface area contributed by atoms with Gasteiger partial charge in [0.15, 0.2) is 6.23 Å². The standard InChI is InChI=1S/C21H23N3O5/c1-13-18(25)16(12-28-11-14-5-3-2-4-6-14)29-20(13)24-10-9-17(23-21(24)27)22-19(26)15-7-8-15/h2-6,9-10,15-16,18,20,25H,1,7-8,11-12H2,(H,22,23,26,27)/t16-,18+,20-/m1/s1. The second-order valence-corrected chi connectivity index (χ2v) is 7.31. The summed E-state index contributed by atoms with van der Waals surface area (Å²) in [4.78, 5) is 28.1. The van der Waals surface area contributed by atoms with Gasteiger partial charge in [0.05, 0.1) is 13.2 Å². The van der Waals surface area contributed by atoms with Gasteiger partial charge in [0, 0.05) is 17.7 Å². The lowest BCUT2D eigenvalue weighted by molar-refractivity contribution is -0.117. The number of hydrogen-bond donors (Lipinski definition) is 2. The molecule has 1 saturated heterocycles. The third-order valence-electron chi connectivity index (χ3n) is 5.03. The Kier molecular flexibility index (Phi) is 5.57. The second-order valence-electron chi connectivity index (χ2n) is 7.31. The van der Waals surface area contributed by atoms with Crippen LogP contribution in [0.2, 0.25) is 0 Å². The highest BCUT2D eigenvalue weighted by Gasteiger charge is 2.39. The molecule has 2 aliphatic rings. The number of aliphatic hydroxyl groups excluding tert-OH is 1. The number of nitrogens with zero attached hydrogens (tertiary/aromatic N) is 2. The van der Waals surface area contributed by atoms with Crippen LogP contribution < -0.4 is 11.0 Å². The fourth-order valence-corrected chi connectivity index (χ4v) is 3.19. The van der Waals surface area contributed by atoms with E-state index in [1.165, 1.54) is 16.8 Å². The van der Waals surface area contributed by atoms with Crippen LogP contribution in [0.1, 0.15) is 24.6 Å². The van der Waals surface area contributed by atoms with E-state index in [1.807, 2.05) is 30.3 Å². The Balaban J connectivity index is 1.38. The molecule has 3 atom stereocenters. The van der Waals surface area contributed by atoms with E-state index in [2.05, 4.69) is 16.9 Å². The van der Waals surface area contributed by atoms with E-state index in [9.17, 15) is 14.7 Å². The van der Waals surface area contributed by atoms with Gasteiger partial charge in [-0.3, -0.25) is 9.36 Å². The molecule has 0 spiro atoms. The fraction of sp³-hybridized carbons (Fsp3) is 0.381. The van der Waals surface area contributed by atoms with Crippen LogP contribution in [-0.2, 0) is 20.9 Å². The Bertz CT molecular complexity index is 954. The zero-order valence-electron chi connectivity index (χ0n) is 15.9. The molecular weight excluding hydrogens is 374 g/mol. The van der Waals surface area contributed by atoms with Crippen LogP contribution in [0.15, 0.2) is 59.5 Å². The first-order chi connectivity index (χ1) is 14.0. The van der Waals surface area contributed by atoms with Crippen molar-refractivity contribution in [3.8, 4) is 0 Å². The smallest absolute Gasteiger partial charge is 0.351 e. The summed E-state index contributed by atoms with van der Waals surface area (Å²) in [6.07, 6.45) is 0.764. The molecular formula is C21H23N3O5. The molecule has 1 saturated carbocycles. The molecule has 2 N–H and O–H groups in total. The number of aliphatic hydroxyl groups is 1. The number of ether oxygens (including phenoxy) is 2. The van der Waals surface area contributed by atoms with Crippen molar-refractivity contribution < 1.29 is 19.4 Å². The number of carbonyl (C=O) groups excluding carboxylic acids is 1. The Labute approximate surface area is 167 Å². The lowest BCUT2D eigenvalue weighted by Crippen LogP contribution is -2.29. The molecule has 1 aliphatic heterocycles. The van der Waals surface area contributed by atoms with Gasteiger partial charge in [0.25, 0.3) is 0 Å². The first kappa shape index (κ1) is 19.5. The summed E-state index contributed by atoms with van der Waals surface area (Å²) >= 11 is 0. The first-order valence-electron chi connectivity index (χ1n) is 9.57. The number of rotatable bonds is 7. The van der Waals surface area contributed by atoms with E-state index < -0.39 is 24.1 Å². The van der Waals surface area contributed by atoms with E-state index in [4.69, 9.17) is 9.47 Å². The van der Waals surface area contributed by atoms with Crippen LogP contribution in [-0.4, -0.2) is 39.4 Å². The number of amides is 1. The zero-order valence-corrected chi connectivity index (χ0v) is 15.9. The van der Waals surface area contributed by atoms with Crippen molar-refractivity contribution in [2.24, 2.45) is 5.92 Å². The number of anilines is 1. The third-order valence-corrected chi connectivity index (χ3v) is 5.03. The van der Waals surface area contributed by atoms with Gasteiger partial charge in [-0.15, -0.1) is 0 Å². The Morgan fingerprint density at radius 3 is 2.76 bits per heavy atom. The molecule has 29 heavy (non-hydrogen) atoms. The molecule has 1 aliphatic carbocycles. The van der Waals surface area contributed by atoms with Gasteiger partial charge in [-0.05, 0) is 24.5 Å². The maximum Gasteiger partial charge on any atom is 0.351 e. The zero-order chi connectivity index (χ0) is 20.4. The normalized spacial score (nSPS) is 23.9. The fourth-order valence-electron chi connectivity index (χ4n) is 3.19. The second kappa shape index (κ2) is 8.28. The average molecular weight is 397 g/mol. The molecule has 1 amide bonds. The summed E-state index contributed by atoms with van der Waals surface area (Å²) < 4.78 is 12.7. The molecule has 2 fully saturated rings. The topological polar surface area (TPSA) is 103 Å². The third kappa shape index (κ3) is 4.45. The minimum atomic E-state index is -0.961. The van der Waals surface area contributed by atoms with E-state index in [-0.39, 0.29) is 24.2 Å². The van der Waals surface area contributed by atoms with Crippen LogP contribution in [0, 0.1) is 5.92 Å². The minimum Gasteiger partial charge on any atom is -0.386 e. The van der Waals surface area contributed by atoms with Crippen molar-refractivity contribution in [1.82, 2.24) is 9.55 Å². The molecule has 0 bridgehead atoms. The van der Waals surface area contributed by atoms with Crippen LogP contribution in [0.5, 0.6) is 0 Å². The lowest BCUT2D eigenvalue weighted by atomic mass is 10.1. The largest absolute Gasteiger partial charge is 0.386 e. The molecule has 4 rings (SSSR count). The van der Waals surface area contributed by atoms with Crippen molar-refractivity contribution in [2.75, 3.05) is 11.9 Å². The Morgan fingerprint density at radius 2 is 2.07 bits per heavy atom. The summed E-state index contributed by atoms with van der Waals surface area (Å²) in [6, 6.07) is 11.2. The molecule has 0 radical (unpaired) electrons. The molecule has 8 heteroatoms. The predicted octanol–water partition coefficient (Wildman–Crippen LogP) is 1.62. The number of nitrogens with one attached hydrogen (secondary N) is 1. The predicted molar refractivity (Wildman–Crippen MR) is 105 cm³/mol. The van der Waals surface area contributed by atoms with Gasteiger partial charge in [-0.2, -0.15) is 4.98 Å². The Morgan fingerprint density at radius 1 is 1.31 bits per heavy atom. The van der Waals surface area contributed by atoms with Gasteiger partial charge in [0.1, 0.15) is 18.0 Å². The highest BCUT2D eigenvalue weighted by molar-refractivity contribution is 5.93. The van der Waals surface area contributed by atoms with Gasteiger partial charge < -0.3 is 19.9 Å². The maximum absolute atomic E-state index is 12.4. The van der Waals surface area contributed by atoms with Gasteiger partial charge >= 0.3 is 5.69 Å². The van der Waals surface area contributed by atoms with Crippen molar-refractivity contribution in [3.63, 3.8) is 0 Å². The lowest BCUT2D eigenvalue weighted by Gasteiger charge is -2.16. The number of benzene rings is 1. The number of hydrogen-bond acceptors (Lipinski definition) is 6. The van der Waals surface area contributed by atoms with Crippen LogP contribution in [0.25, 0.3) is 0 Å². The molecule has 8 nitrogen and oxygen atoms in total. The van der Waals surface area contributed by atoms with Crippen LogP contribution in [0.4, 0.5) is 5.82 Å². The molecule has 1 aromatic heterocycles. The molecule has 2 aromatic rings. The summed E-state index contributed by atoms with van der Waals surface area (Å²) in [6.45, 7) is 4.41. The quantitative estimate of drug-likeness (QED) is 0.689. The summed E-state index contributed by atoms with van der Waals surface area (Å²) in [7, 11) is 0. The summed E-state index contributed by atoms with van der Waals surface area (Å²) in [5, 5.41) is 13.1. The van der Waals surface area contributed by atoms with Gasteiger partial charge in [-0.1, -0.05) is 36.9 Å². The highest BCUT2D eigenvalue weighted by Crippen LogP contribution is 2.33. The monoisotopic (exact) mass is 397 g/mol. The number of carbonyl (C=O) groups is 1. The summed E-state index contributed by atoms with van der Waals surface area (Å²) in [5.41, 5.74) is 0.777. The average Bonchev–Trinajstić information content (AvgIpc) is 3.53. The van der Waals surface area contributed by atoms with E-state index in [1.54, 1.807) is 0 Å². The maximum atomic E-state index is 12.4. The minimum absolute atomic E-state index is 0.0176. The number of aromatic nitrogens is 2. The van der Waals surface area contributed by atoms with Gasteiger partial charge in [0.2, 0.25) is 5.91 Å². The van der Waals surface area contributed by atoms with Crippen LogP contribution in [0.3, 0.4) is 0 Å². The van der Waals surface area contributed by atoms with Crippen molar-refractivity contribution >= 4 is 11.7 Å². The molecule has 1 aromatic carbocycles. The van der Waals surface area contributed by atoms with E-state index in [0.717, 1.165) is 18.4 Å². The first-order valence-corrected chi connectivity index (χ1v) is 9.57. The highest BCUT2D eigenvalue weighted by atomic mass is 16.6. The van der Waals surface area contributed by atoms with Crippen molar-refractivity contribution in [2.45, 2.75) is 37.9 Å². The van der Waals surface area contributed by atoms with Crippen LogP contribution >= 0.6 is 0 Å². The Hall–Kier alpha value is -2.81. The van der Waals surface area contributed by atoms with E-state index in [0.29, 0.717) is 12.2 Å². The molecule has 2 heterocycles. The van der Waals surface area contributed by atoms with Crippen molar-refractivity contribution in [3.05, 3.63) is 70.8 Å². The molecule has 152 valence electrons. The SMILES string of the molecule is C=C1[C@H](n2ccc(NC(=O)C3CC3)nc2=O)O[C@H](COCc2ccccc2)[C@H]1O. The van der Waals surface area contributed by atoms with E-state index >= 15 is 0 Å².